The number of cyclic esters (lactones) is 1. The van der Waals surface area contributed by atoms with Crippen LogP contribution in [-0.2, 0) is 9.53 Å². The summed E-state index contributed by atoms with van der Waals surface area (Å²) in [4.78, 5) is 11.0. The summed E-state index contributed by atoms with van der Waals surface area (Å²) in [6.07, 6.45) is 5.75. The summed E-state index contributed by atoms with van der Waals surface area (Å²) in [7, 11) is 0. The molecule has 0 aromatic carbocycles. The topological polar surface area (TPSA) is 26.3 Å². The van der Waals surface area contributed by atoms with Gasteiger partial charge in [-0.05, 0) is 13.8 Å². The Hall–Kier alpha value is -1.05. The molecular formula is C9H12O2. The summed E-state index contributed by atoms with van der Waals surface area (Å²) in [6.45, 7) is 4.30. The van der Waals surface area contributed by atoms with E-state index < -0.39 is 0 Å². The molecule has 1 aliphatic rings. The Morgan fingerprint density at radius 2 is 2.27 bits per heavy atom. The Bertz CT molecular complexity index is 214. The highest BCUT2D eigenvalue weighted by Crippen LogP contribution is 2.21. The normalized spacial score (nSPS) is 28.4. The minimum atomic E-state index is -0.171. The lowest BCUT2D eigenvalue weighted by molar-refractivity contribution is -0.135. The maximum atomic E-state index is 11.0. The highest BCUT2D eigenvalue weighted by atomic mass is 16.5. The molecular weight excluding hydrogens is 140 g/mol. The molecule has 0 bridgehead atoms. The van der Waals surface area contributed by atoms with E-state index in [2.05, 4.69) is 0 Å². The van der Waals surface area contributed by atoms with Crippen molar-refractivity contribution in [3.8, 4) is 0 Å². The van der Waals surface area contributed by atoms with Gasteiger partial charge in [-0.3, -0.25) is 0 Å². The molecule has 0 aromatic rings. The number of hydrogen-bond acceptors (Lipinski definition) is 2. The van der Waals surface area contributed by atoms with Gasteiger partial charge in [0.25, 0.3) is 0 Å². The van der Waals surface area contributed by atoms with Gasteiger partial charge < -0.3 is 4.74 Å². The summed E-state index contributed by atoms with van der Waals surface area (Å²) in [6, 6.07) is 0. The second-order valence-corrected chi connectivity index (χ2v) is 2.47. The Labute approximate surface area is 66.5 Å². The number of allylic oxidation sites excluding steroid dienone is 2. The molecule has 2 heteroatoms. The SMILES string of the molecule is C/C=C/[C@@H]1COC(=O)/C1=C/C. The Kier molecular flexibility index (Phi) is 2.47. The van der Waals surface area contributed by atoms with Gasteiger partial charge in [-0.1, -0.05) is 18.2 Å². The maximum Gasteiger partial charge on any atom is 0.334 e. The number of carbonyl (C=O) groups is 1. The molecule has 1 atom stereocenters. The van der Waals surface area contributed by atoms with Gasteiger partial charge in [0, 0.05) is 11.5 Å². The summed E-state index contributed by atoms with van der Waals surface area (Å²) < 4.78 is 4.86. The van der Waals surface area contributed by atoms with Crippen molar-refractivity contribution < 1.29 is 9.53 Å². The van der Waals surface area contributed by atoms with E-state index in [9.17, 15) is 4.79 Å². The molecule has 0 unspecified atom stereocenters. The first-order valence-corrected chi connectivity index (χ1v) is 3.75. The first kappa shape index (κ1) is 8.05. The lowest BCUT2D eigenvalue weighted by Crippen LogP contribution is -1.99. The van der Waals surface area contributed by atoms with Crippen LogP contribution in [0.2, 0.25) is 0 Å². The number of hydrogen-bond donors (Lipinski definition) is 0. The van der Waals surface area contributed by atoms with Crippen LogP contribution in [-0.4, -0.2) is 12.6 Å². The van der Waals surface area contributed by atoms with Gasteiger partial charge >= 0.3 is 5.97 Å². The van der Waals surface area contributed by atoms with Crippen molar-refractivity contribution in [2.24, 2.45) is 5.92 Å². The maximum absolute atomic E-state index is 11.0. The van der Waals surface area contributed by atoms with E-state index in [-0.39, 0.29) is 11.9 Å². The molecule has 60 valence electrons. The fourth-order valence-corrected chi connectivity index (χ4v) is 1.21. The third-order valence-corrected chi connectivity index (χ3v) is 1.76. The second-order valence-electron chi connectivity index (χ2n) is 2.47. The van der Waals surface area contributed by atoms with Crippen LogP contribution in [0.5, 0.6) is 0 Å². The fraction of sp³-hybridized carbons (Fsp3) is 0.444. The van der Waals surface area contributed by atoms with E-state index in [1.165, 1.54) is 0 Å². The fourth-order valence-electron chi connectivity index (χ4n) is 1.21. The van der Waals surface area contributed by atoms with Crippen molar-refractivity contribution in [2.75, 3.05) is 6.61 Å². The van der Waals surface area contributed by atoms with Crippen LogP contribution in [0.1, 0.15) is 13.8 Å². The Morgan fingerprint density at radius 3 is 2.82 bits per heavy atom. The smallest absolute Gasteiger partial charge is 0.334 e. The average molecular weight is 152 g/mol. The standard InChI is InChI=1S/C9H12O2/c1-3-5-7-6-11-9(10)8(7)4-2/h3-5,7H,6H2,1-2H3/b5-3+,8-4+/t7-/m1/s1. The lowest BCUT2D eigenvalue weighted by atomic mass is 10.0. The number of rotatable bonds is 1. The first-order valence-electron chi connectivity index (χ1n) is 3.75. The monoisotopic (exact) mass is 152 g/mol. The molecule has 0 aromatic heterocycles. The first-order chi connectivity index (χ1) is 5.29. The third-order valence-electron chi connectivity index (χ3n) is 1.76. The molecule has 1 heterocycles. The van der Waals surface area contributed by atoms with Crippen LogP contribution in [0.25, 0.3) is 0 Å². The molecule has 1 fully saturated rings. The van der Waals surface area contributed by atoms with Crippen molar-refractivity contribution in [1.29, 1.82) is 0 Å². The number of ether oxygens (including phenoxy) is 1. The van der Waals surface area contributed by atoms with Crippen LogP contribution in [0, 0.1) is 5.92 Å². The molecule has 1 rings (SSSR count). The predicted octanol–water partition coefficient (Wildman–Crippen LogP) is 1.68. The van der Waals surface area contributed by atoms with E-state index in [0.717, 1.165) is 5.57 Å². The molecule has 1 saturated heterocycles. The average Bonchev–Trinajstić information content (AvgIpc) is 2.33. The zero-order valence-electron chi connectivity index (χ0n) is 6.83. The molecule has 0 saturated carbocycles. The molecule has 2 nitrogen and oxygen atoms in total. The highest BCUT2D eigenvalue weighted by molar-refractivity contribution is 5.91. The minimum absolute atomic E-state index is 0.171. The van der Waals surface area contributed by atoms with Gasteiger partial charge in [-0.2, -0.15) is 0 Å². The highest BCUT2D eigenvalue weighted by Gasteiger charge is 2.26. The van der Waals surface area contributed by atoms with Crippen molar-refractivity contribution in [3.63, 3.8) is 0 Å². The van der Waals surface area contributed by atoms with Gasteiger partial charge in [0.05, 0.1) is 0 Å². The zero-order valence-corrected chi connectivity index (χ0v) is 6.83. The van der Waals surface area contributed by atoms with E-state index in [1.807, 2.05) is 32.1 Å². The molecule has 0 amide bonds. The molecule has 0 aliphatic carbocycles. The third kappa shape index (κ3) is 1.50. The molecule has 0 N–H and O–H groups in total. The van der Waals surface area contributed by atoms with E-state index >= 15 is 0 Å². The van der Waals surface area contributed by atoms with Crippen LogP contribution in [0.3, 0.4) is 0 Å². The van der Waals surface area contributed by atoms with Gasteiger partial charge in [0.2, 0.25) is 0 Å². The van der Waals surface area contributed by atoms with E-state index in [0.29, 0.717) is 6.61 Å². The lowest BCUT2D eigenvalue weighted by Gasteiger charge is -1.97. The van der Waals surface area contributed by atoms with E-state index in [4.69, 9.17) is 4.74 Å². The van der Waals surface area contributed by atoms with Gasteiger partial charge in [0.1, 0.15) is 6.61 Å². The van der Waals surface area contributed by atoms with E-state index in [1.54, 1.807) is 0 Å². The summed E-state index contributed by atoms with van der Waals surface area (Å²) >= 11 is 0. The van der Waals surface area contributed by atoms with Crippen molar-refractivity contribution in [1.82, 2.24) is 0 Å². The number of carbonyl (C=O) groups excluding carboxylic acids is 1. The Morgan fingerprint density at radius 1 is 1.55 bits per heavy atom. The Balaban J connectivity index is 2.77. The molecule has 1 aliphatic heterocycles. The van der Waals surface area contributed by atoms with Gasteiger partial charge in [-0.15, -0.1) is 0 Å². The zero-order chi connectivity index (χ0) is 8.27. The van der Waals surface area contributed by atoms with Crippen LogP contribution >= 0.6 is 0 Å². The molecule has 0 spiro atoms. The summed E-state index contributed by atoms with van der Waals surface area (Å²) in [5, 5.41) is 0. The van der Waals surface area contributed by atoms with Crippen LogP contribution in [0.4, 0.5) is 0 Å². The molecule has 11 heavy (non-hydrogen) atoms. The quantitative estimate of drug-likeness (QED) is 0.324. The number of esters is 1. The minimum Gasteiger partial charge on any atom is -0.461 e. The van der Waals surface area contributed by atoms with Crippen molar-refractivity contribution in [2.45, 2.75) is 13.8 Å². The predicted molar refractivity (Wildman–Crippen MR) is 43.0 cm³/mol. The van der Waals surface area contributed by atoms with Crippen molar-refractivity contribution in [3.05, 3.63) is 23.8 Å². The van der Waals surface area contributed by atoms with Gasteiger partial charge in [0.15, 0.2) is 0 Å². The van der Waals surface area contributed by atoms with Crippen LogP contribution < -0.4 is 0 Å². The second kappa shape index (κ2) is 3.37. The largest absolute Gasteiger partial charge is 0.461 e. The summed E-state index contributed by atoms with van der Waals surface area (Å²) in [5.74, 6) is 0.00750. The van der Waals surface area contributed by atoms with Crippen LogP contribution in [0.15, 0.2) is 23.8 Å². The summed E-state index contributed by atoms with van der Waals surface area (Å²) in [5.41, 5.74) is 0.781. The molecule has 0 radical (unpaired) electrons. The van der Waals surface area contributed by atoms with Crippen molar-refractivity contribution >= 4 is 5.97 Å². The van der Waals surface area contributed by atoms with Gasteiger partial charge in [-0.25, -0.2) is 4.79 Å².